The summed E-state index contributed by atoms with van der Waals surface area (Å²) in [6.45, 7) is 7.13. The van der Waals surface area contributed by atoms with Gasteiger partial charge in [0.05, 0.1) is 19.1 Å². The fraction of sp³-hybridized carbons (Fsp3) is 0.667. The van der Waals surface area contributed by atoms with Crippen LogP contribution in [0.4, 0.5) is 0 Å². The zero-order valence-corrected chi connectivity index (χ0v) is 9.99. The first kappa shape index (κ1) is 13.2. The summed E-state index contributed by atoms with van der Waals surface area (Å²) >= 11 is 5.60. The van der Waals surface area contributed by atoms with E-state index in [-0.39, 0.29) is 0 Å². The molecule has 0 aliphatic heterocycles. The Labute approximate surface area is 86.5 Å². The number of hydrogen-bond donors (Lipinski definition) is 0. The highest BCUT2D eigenvalue weighted by Crippen LogP contribution is 2.39. The van der Waals surface area contributed by atoms with E-state index in [9.17, 15) is 0 Å². The molecule has 0 bridgehead atoms. The molecule has 0 atom stereocenters. The summed E-state index contributed by atoms with van der Waals surface area (Å²) in [4.78, 5) is 0. The SMILES string of the molecule is CCOP(C=C=C(C)CCl)OCC. The minimum Gasteiger partial charge on any atom is -0.331 e. The lowest BCUT2D eigenvalue weighted by molar-refractivity contribution is 0.276. The van der Waals surface area contributed by atoms with Gasteiger partial charge in [-0.05, 0) is 26.3 Å². The van der Waals surface area contributed by atoms with Gasteiger partial charge in [-0.3, -0.25) is 0 Å². The summed E-state index contributed by atoms with van der Waals surface area (Å²) in [5.41, 5.74) is 4.03. The van der Waals surface area contributed by atoms with Crippen molar-refractivity contribution in [3.05, 3.63) is 17.1 Å². The van der Waals surface area contributed by atoms with Crippen LogP contribution in [0.3, 0.4) is 0 Å². The fourth-order valence-electron chi connectivity index (χ4n) is 0.568. The second-order valence-electron chi connectivity index (χ2n) is 2.31. The van der Waals surface area contributed by atoms with Crippen LogP contribution in [0.2, 0.25) is 0 Å². The highest BCUT2D eigenvalue weighted by atomic mass is 35.5. The third-order valence-corrected chi connectivity index (χ3v) is 2.90. The number of hydrogen-bond acceptors (Lipinski definition) is 2. The largest absolute Gasteiger partial charge is 0.331 e. The van der Waals surface area contributed by atoms with Gasteiger partial charge in [0.1, 0.15) is 0 Å². The predicted octanol–water partition coefficient (Wildman–Crippen LogP) is 3.67. The summed E-state index contributed by atoms with van der Waals surface area (Å²) in [6, 6.07) is 0. The molecule has 0 unspecified atom stereocenters. The Kier molecular flexibility index (Phi) is 8.85. The molecular formula is C9H16ClO2P. The van der Waals surface area contributed by atoms with E-state index in [0.29, 0.717) is 19.1 Å². The summed E-state index contributed by atoms with van der Waals surface area (Å²) in [7, 11) is -0.915. The van der Waals surface area contributed by atoms with Crippen molar-refractivity contribution < 1.29 is 9.05 Å². The summed E-state index contributed by atoms with van der Waals surface area (Å²) in [5, 5.41) is 0. The predicted molar refractivity (Wildman–Crippen MR) is 58.2 cm³/mol. The highest BCUT2D eigenvalue weighted by molar-refractivity contribution is 7.50. The molecule has 0 aromatic carbocycles. The molecule has 0 spiro atoms. The Morgan fingerprint density at radius 2 is 1.92 bits per heavy atom. The van der Waals surface area contributed by atoms with E-state index >= 15 is 0 Å². The van der Waals surface area contributed by atoms with Crippen molar-refractivity contribution in [3.8, 4) is 0 Å². The van der Waals surface area contributed by atoms with Crippen molar-refractivity contribution >= 4 is 20.0 Å². The van der Waals surface area contributed by atoms with E-state index in [4.69, 9.17) is 20.6 Å². The lowest BCUT2D eigenvalue weighted by Gasteiger charge is -2.09. The van der Waals surface area contributed by atoms with Gasteiger partial charge in [0, 0.05) is 5.82 Å². The van der Waals surface area contributed by atoms with Crippen LogP contribution in [0, 0.1) is 0 Å². The van der Waals surface area contributed by atoms with Crippen molar-refractivity contribution in [1.29, 1.82) is 0 Å². The fourth-order valence-corrected chi connectivity index (χ4v) is 1.70. The van der Waals surface area contributed by atoms with Crippen LogP contribution in [-0.4, -0.2) is 19.1 Å². The van der Waals surface area contributed by atoms with Crippen LogP contribution in [0.25, 0.3) is 0 Å². The van der Waals surface area contributed by atoms with Gasteiger partial charge < -0.3 is 9.05 Å². The van der Waals surface area contributed by atoms with E-state index in [2.05, 4.69) is 5.73 Å². The summed E-state index contributed by atoms with van der Waals surface area (Å²) < 4.78 is 10.7. The van der Waals surface area contributed by atoms with Crippen LogP contribution in [0.1, 0.15) is 20.8 Å². The van der Waals surface area contributed by atoms with Crippen molar-refractivity contribution in [3.63, 3.8) is 0 Å². The molecule has 0 saturated carbocycles. The standard InChI is InChI=1S/C9H16ClO2P/c1-4-11-13(12-5-2)7-6-9(3)8-10/h7H,4-5,8H2,1-3H3. The van der Waals surface area contributed by atoms with E-state index in [1.165, 1.54) is 0 Å². The molecule has 0 rings (SSSR count). The van der Waals surface area contributed by atoms with Gasteiger partial charge in [-0.1, -0.05) is 0 Å². The summed E-state index contributed by atoms with van der Waals surface area (Å²) in [6.07, 6.45) is 0. The van der Waals surface area contributed by atoms with Crippen LogP contribution in [0.5, 0.6) is 0 Å². The zero-order chi connectivity index (χ0) is 10.1. The maximum absolute atomic E-state index is 5.60. The normalized spacial score (nSPS) is 9.92. The van der Waals surface area contributed by atoms with E-state index in [1.54, 1.807) is 0 Å². The molecule has 0 aliphatic carbocycles. The molecule has 4 heteroatoms. The smallest absolute Gasteiger partial charge is 0.205 e. The van der Waals surface area contributed by atoms with Crippen molar-refractivity contribution in [2.24, 2.45) is 0 Å². The lowest BCUT2D eigenvalue weighted by atomic mass is 10.4. The molecule has 13 heavy (non-hydrogen) atoms. The number of halogens is 1. The molecule has 0 aromatic rings. The van der Waals surface area contributed by atoms with Gasteiger partial charge in [-0.2, -0.15) is 0 Å². The molecule has 0 amide bonds. The molecule has 0 saturated heterocycles. The van der Waals surface area contributed by atoms with Gasteiger partial charge in [0.15, 0.2) is 0 Å². The molecule has 76 valence electrons. The minimum absolute atomic E-state index is 0.498. The third kappa shape index (κ3) is 7.25. The van der Waals surface area contributed by atoms with Crippen LogP contribution < -0.4 is 0 Å². The quantitative estimate of drug-likeness (QED) is 0.388. The molecule has 0 N–H and O–H groups in total. The third-order valence-electron chi connectivity index (χ3n) is 1.13. The van der Waals surface area contributed by atoms with Gasteiger partial charge in [-0.15, -0.1) is 17.3 Å². The van der Waals surface area contributed by atoms with Crippen LogP contribution >= 0.6 is 20.0 Å². The first-order chi connectivity index (χ1) is 6.24. The van der Waals surface area contributed by atoms with Gasteiger partial charge in [-0.25, -0.2) is 0 Å². The van der Waals surface area contributed by atoms with Crippen LogP contribution in [0.15, 0.2) is 17.1 Å². The Morgan fingerprint density at radius 1 is 1.38 bits per heavy atom. The monoisotopic (exact) mass is 222 g/mol. The number of rotatable bonds is 6. The van der Waals surface area contributed by atoms with Crippen molar-refractivity contribution in [2.45, 2.75) is 20.8 Å². The Bertz CT molecular complexity index is 182. The maximum atomic E-state index is 5.60. The van der Waals surface area contributed by atoms with Crippen molar-refractivity contribution in [2.75, 3.05) is 19.1 Å². The minimum atomic E-state index is -0.915. The summed E-state index contributed by atoms with van der Waals surface area (Å²) in [5.74, 6) is 2.32. The first-order valence-electron chi connectivity index (χ1n) is 4.27. The van der Waals surface area contributed by atoms with E-state index < -0.39 is 8.38 Å². The second kappa shape index (κ2) is 8.74. The first-order valence-corrected chi connectivity index (χ1v) is 6.06. The van der Waals surface area contributed by atoms with Crippen molar-refractivity contribution in [1.82, 2.24) is 0 Å². The topological polar surface area (TPSA) is 18.5 Å². The maximum Gasteiger partial charge on any atom is 0.205 e. The van der Waals surface area contributed by atoms with E-state index in [1.807, 2.05) is 26.6 Å². The molecule has 0 heterocycles. The Balaban J connectivity index is 4.14. The Morgan fingerprint density at radius 3 is 2.31 bits per heavy atom. The molecule has 2 nitrogen and oxygen atoms in total. The van der Waals surface area contributed by atoms with Gasteiger partial charge in [0.25, 0.3) is 0 Å². The van der Waals surface area contributed by atoms with Gasteiger partial charge in [0.2, 0.25) is 8.38 Å². The average molecular weight is 223 g/mol. The number of allylic oxidation sites excluding steroid dienone is 1. The number of alkyl halides is 1. The molecule has 0 fully saturated rings. The van der Waals surface area contributed by atoms with Gasteiger partial charge >= 0.3 is 0 Å². The molecule has 0 radical (unpaired) electrons. The lowest BCUT2D eigenvalue weighted by Crippen LogP contribution is -1.87. The Hall–Kier alpha value is 0.160. The second-order valence-corrected chi connectivity index (χ2v) is 3.92. The van der Waals surface area contributed by atoms with E-state index in [0.717, 1.165) is 5.57 Å². The zero-order valence-electron chi connectivity index (χ0n) is 8.34. The molecular weight excluding hydrogens is 207 g/mol. The highest BCUT2D eigenvalue weighted by Gasteiger charge is 2.02. The molecule has 0 aromatic heterocycles. The molecule has 0 aliphatic rings. The average Bonchev–Trinajstić information content (AvgIpc) is 2.14. The van der Waals surface area contributed by atoms with Crippen LogP contribution in [-0.2, 0) is 9.05 Å².